The Labute approximate surface area is 93.2 Å². The Hall–Kier alpha value is -0.750. The first-order chi connectivity index (χ1) is 6.63. The lowest BCUT2D eigenvalue weighted by Crippen LogP contribution is -2.05. The van der Waals surface area contributed by atoms with Crippen LogP contribution in [0.1, 0.15) is 12.5 Å². The number of hydrogen-bond donors (Lipinski definition) is 0. The van der Waals surface area contributed by atoms with E-state index in [4.69, 9.17) is 34.4 Å². The van der Waals surface area contributed by atoms with Crippen molar-refractivity contribution in [2.45, 2.75) is 19.6 Å². The molecule has 0 aliphatic carbocycles. The van der Waals surface area contributed by atoms with E-state index in [0.717, 1.165) is 5.56 Å². The molecule has 0 radical (unpaired) electrons. The third kappa shape index (κ3) is 3.19. The van der Waals surface area contributed by atoms with Crippen molar-refractivity contribution in [1.82, 2.24) is 4.98 Å². The summed E-state index contributed by atoms with van der Waals surface area (Å²) in [6, 6.07) is 3.42. The Bertz CT molecular complexity index is 360. The first-order valence-corrected chi connectivity index (χ1v) is 4.77. The summed E-state index contributed by atoms with van der Waals surface area (Å²) >= 11 is 11.5. The molecule has 14 heavy (non-hydrogen) atoms. The van der Waals surface area contributed by atoms with Gasteiger partial charge in [0.25, 0.3) is 0 Å². The second-order valence-corrected chi connectivity index (χ2v) is 3.45. The molecule has 1 aromatic rings. The van der Waals surface area contributed by atoms with Crippen LogP contribution in [0.15, 0.2) is 12.1 Å². The maximum Gasteiger partial charge on any atom is 0.136 e. The first-order valence-electron chi connectivity index (χ1n) is 4.02. The van der Waals surface area contributed by atoms with E-state index < -0.39 is 0 Å². The Morgan fingerprint density at radius 3 is 2.86 bits per heavy atom. The molecule has 0 saturated carbocycles. The summed E-state index contributed by atoms with van der Waals surface area (Å²) in [6.07, 6.45) is 4.92. The van der Waals surface area contributed by atoms with E-state index in [0.29, 0.717) is 16.9 Å². The summed E-state index contributed by atoms with van der Waals surface area (Å²) in [7, 11) is 0. The normalized spacial score (nSPS) is 12.1. The predicted molar refractivity (Wildman–Crippen MR) is 57.3 cm³/mol. The number of hydrogen-bond acceptors (Lipinski definition) is 2. The molecule has 0 N–H and O–H groups in total. The molecule has 1 atom stereocenters. The smallest absolute Gasteiger partial charge is 0.136 e. The zero-order valence-corrected chi connectivity index (χ0v) is 9.14. The fourth-order valence-electron chi connectivity index (χ4n) is 0.812. The van der Waals surface area contributed by atoms with Crippen LogP contribution >= 0.6 is 23.2 Å². The van der Waals surface area contributed by atoms with Crippen LogP contribution in [0.25, 0.3) is 0 Å². The molecule has 4 heteroatoms. The zero-order valence-electron chi connectivity index (χ0n) is 7.63. The molecule has 1 unspecified atom stereocenters. The van der Waals surface area contributed by atoms with Gasteiger partial charge < -0.3 is 4.74 Å². The fraction of sp³-hybridized carbons (Fsp3) is 0.300. The Kier molecular flexibility index (Phi) is 4.21. The van der Waals surface area contributed by atoms with Crippen LogP contribution in [0.2, 0.25) is 10.3 Å². The fourth-order valence-corrected chi connectivity index (χ4v) is 1.21. The van der Waals surface area contributed by atoms with Gasteiger partial charge >= 0.3 is 0 Å². The molecule has 1 rings (SSSR count). The third-order valence-corrected chi connectivity index (χ3v) is 2.15. The lowest BCUT2D eigenvalue weighted by Gasteiger charge is -2.07. The first kappa shape index (κ1) is 11.3. The second-order valence-electron chi connectivity index (χ2n) is 2.70. The van der Waals surface area contributed by atoms with E-state index >= 15 is 0 Å². The van der Waals surface area contributed by atoms with Crippen molar-refractivity contribution in [1.29, 1.82) is 0 Å². The number of aromatic nitrogens is 1. The highest BCUT2D eigenvalue weighted by Gasteiger charge is 2.04. The summed E-state index contributed by atoms with van der Waals surface area (Å²) in [5.41, 5.74) is 0.776. The largest absolute Gasteiger partial charge is 0.361 e. The molecule has 0 spiro atoms. The standard InChI is InChI=1S/C10H9Cl2NO/c1-3-7(2)14-6-8-4-5-9(11)13-10(8)12/h1,4-5,7H,6H2,2H3. The average Bonchev–Trinajstić information content (AvgIpc) is 2.16. The molecule has 74 valence electrons. The summed E-state index contributed by atoms with van der Waals surface area (Å²) < 4.78 is 5.29. The molecule has 0 amide bonds. The summed E-state index contributed by atoms with van der Waals surface area (Å²) in [4.78, 5) is 3.88. The van der Waals surface area contributed by atoms with Crippen LogP contribution in [0.3, 0.4) is 0 Å². The van der Waals surface area contributed by atoms with Crippen molar-refractivity contribution in [3.05, 3.63) is 28.0 Å². The number of rotatable bonds is 3. The Morgan fingerprint density at radius 2 is 2.29 bits per heavy atom. The van der Waals surface area contributed by atoms with Gasteiger partial charge in [0.1, 0.15) is 16.4 Å². The molecule has 0 saturated heterocycles. The number of nitrogens with zero attached hydrogens (tertiary/aromatic N) is 1. The van der Waals surface area contributed by atoms with Gasteiger partial charge in [0.05, 0.1) is 6.61 Å². The van der Waals surface area contributed by atoms with E-state index in [2.05, 4.69) is 10.9 Å². The highest BCUT2D eigenvalue weighted by molar-refractivity contribution is 6.32. The second kappa shape index (κ2) is 5.21. The molecule has 0 bridgehead atoms. The average molecular weight is 230 g/mol. The van der Waals surface area contributed by atoms with Crippen molar-refractivity contribution < 1.29 is 4.74 Å². The summed E-state index contributed by atoms with van der Waals surface area (Å²) in [5.74, 6) is 2.45. The van der Waals surface area contributed by atoms with Gasteiger partial charge in [-0.05, 0) is 13.0 Å². The van der Waals surface area contributed by atoms with E-state index in [1.165, 1.54) is 0 Å². The van der Waals surface area contributed by atoms with Crippen LogP contribution in [0, 0.1) is 12.3 Å². The number of pyridine rings is 1. The van der Waals surface area contributed by atoms with Crippen molar-refractivity contribution in [2.75, 3.05) is 0 Å². The minimum Gasteiger partial charge on any atom is -0.361 e. The molecule has 1 aromatic heterocycles. The SMILES string of the molecule is C#CC(C)OCc1ccc(Cl)nc1Cl. The van der Waals surface area contributed by atoms with Gasteiger partial charge in [-0.2, -0.15) is 0 Å². The van der Waals surface area contributed by atoms with Gasteiger partial charge in [0.2, 0.25) is 0 Å². The van der Waals surface area contributed by atoms with Gasteiger partial charge in [-0.25, -0.2) is 4.98 Å². The van der Waals surface area contributed by atoms with E-state index in [1.54, 1.807) is 19.1 Å². The Morgan fingerprint density at radius 1 is 1.57 bits per heavy atom. The maximum absolute atomic E-state index is 5.83. The van der Waals surface area contributed by atoms with Crippen LogP contribution in [-0.2, 0) is 11.3 Å². The third-order valence-electron chi connectivity index (χ3n) is 1.62. The maximum atomic E-state index is 5.83. The predicted octanol–water partition coefficient (Wildman–Crippen LogP) is 2.93. The van der Waals surface area contributed by atoms with Crippen molar-refractivity contribution in [2.24, 2.45) is 0 Å². The van der Waals surface area contributed by atoms with Gasteiger partial charge in [-0.1, -0.05) is 35.2 Å². The molecule has 1 heterocycles. The highest BCUT2D eigenvalue weighted by atomic mass is 35.5. The van der Waals surface area contributed by atoms with E-state index in [9.17, 15) is 0 Å². The van der Waals surface area contributed by atoms with E-state index in [-0.39, 0.29) is 6.10 Å². The lowest BCUT2D eigenvalue weighted by atomic mass is 10.3. The van der Waals surface area contributed by atoms with Crippen LogP contribution in [0.5, 0.6) is 0 Å². The number of terminal acetylenes is 1. The number of ether oxygens (including phenoxy) is 1. The molecular formula is C10H9Cl2NO. The zero-order chi connectivity index (χ0) is 10.6. The number of halogens is 2. The van der Waals surface area contributed by atoms with Crippen molar-refractivity contribution in [3.8, 4) is 12.3 Å². The minimum atomic E-state index is -0.234. The minimum absolute atomic E-state index is 0.234. The van der Waals surface area contributed by atoms with Gasteiger partial charge in [0, 0.05) is 5.56 Å². The topological polar surface area (TPSA) is 22.1 Å². The molecule has 0 aliphatic heterocycles. The lowest BCUT2D eigenvalue weighted by molar-refractivity contribution is 0.0900. The Balaban J connectivity index is 2.64. The van der Waals surface area contributed by atoms with Crippen molar-refractivity contribution >= 4 is 23.2 Å². The summed E-state index contributed by atoms with van der Waals surface area (Å²) in [6.45, 7) is 2.13. The molecule has 0 fully saturated rings. The van der Waals surface area contributed by atoms with Crippen molar-refractivity contribution in [3.63, 3.8) is 0 Å². The molecule has 0 aromatic carbocycles. The summed E-state index contributed by atoms with van der Waals surface area (Å²) in [5, 5.41) is 0.713. The molecule has 0 aliphatic rings. The highest BCUT2D eigenvalue weighted by Crippen LogP contribution is 2.17. The molecule has 2 nitrogen and oxygen atoms in total. The van der Waals surface area contributed by atoms with Gasteiger partial charge in [-0.15, -0.1) is 6.42 Å². The van der Waals surface area contributed by atoms with Crippen LogP contribution in [-0.4, -0.2) is 11.1 Å². The molecular weight excluding hydrogens is 221 g/mol. The monoisotopic (exact) mass is 229 g/mol. The quantitative estimate of drug-likeness (QED) is 0.588. The van der Waals surface area contributed by atoms with Crippen LogP contribution < -0.4 is 0 Å². The van der Waals surface area contributed by atoms with E-state index in [1.807, 2.05) is 0 Å². The van der Waals surface area contributed by atoms with Crippen LogP contribution in [0.4, 0.5) is 0 Å². The van der Waals surface area contributed by atoms with Gasteiger partial charge in [0.15, 0.2) is 0 Å². The van der Waals surface area contributed by atoms with Gasteiger partial charge in [-0.3, -0.25) is 0 Å².